The number of likely N-dealkylation sites (tertiary alicyclic amines) is 1. The third-order valence-electron chi connectivity index (χ3n) is 6.56. The van der Waals surface area contributed by atoms with Gasteiger partial charge in [-0.2, -0.15) is 0 Å². The van der Waals surface area contributed by atoms with Crippen LogP contribution in [0.1, 0.15) is 23.7 Å². The molecule has 1 aliphatic rings. The Morgan fingerprint density at radius 2 is 2.03 bits per heavy atom. The van der Waals surface area contributed by atoms with E-state index in [1.165, 1.54) is 0 Å². The van der Waals surface area contributed by atoms with Crippen molar-refractivity contribution in [3.63, 3.8) is 0 Å². The molecular weight excluding hydrogens is 434 g/mol. The Morgan fingerprint density at radius 3 is 2.76 bits per heavy atom. The fraction of sp³-hybridized carbons (Fsp3) is 0.320. The highest BCUT2D eigenvalue weighted by molar-refractivity contribution is 6.00. The van der Waals surface area contributed by atoms with Crippen molar-refractivity contribution in [3.05, 3.63) is 48.0 Å². The van der Waals surface area contributed by atoms with Crippen LogP contribution < -0.4 is 10.1 Å². The molecule has 2 N–H and O–H groups in total. The first-order chi connectivity index (χ1) is 16.4. The number of carbonyl (C=O) groups excluding carboxylic acids is 1. The lowest BCUT2D eigenvalue weighted by atomic mass is 10.1. The van der Waals surface area contributed by atoms with E-state index in [1.54, 1.807) is 24.1 Å². The number of benzene rings is 2. The molecule has 2 aromatic carbocycles. The molecule has 2 amide bonds. The van der Waals surface area contributed by atoms with Gasteiger partial charge in [-0.15, -0.1) is 0 Å². The molecule has 1 aliphatic heterocycles. The first kappa shape index (κ1) is 21.8. The van der Waals surface area contributed by atoms with Crippen LogP contribution in [0.15, 0.2) is 42.5 Å². The van der Waals surface area contributed by atoms with Gasteiger partial charge in [0.2, 0.25) is 0 Å². The predicted octanol–water partition coefficient (Wildman–Crippen LogP) is 3.71. The van der Waals surface area contributed by atoms with Crippen LogP contribution in [-0.4, -0.2) is 62.4 Å². The van der Waals surface area contributed by atoms with E-state index in [1.807, 2.05) is 23.7 Å². The van der Waals surface area contributed by atoms with Crippen molar-refractivity contribution < 1.29 is 19.4 Å². The molecule has 0 radical (unpaired) electrons. The van der Waals surface area contributed by atoms with Crippen molar-refractivity contribution in [3.8, 4) is 17.3 Å². The van der Waals surface area contributed by atoms with E-state index >= 15 is 0 Å². The second-order valence-electron chi connectivity index (χ2n) is 8.56. The Kier molecular flexibility index (Phi) is 5.39. The molecule has 1 unspecified atom stereocenters. The number of carbonyl (C=O) groups is 2. The summed E-state index contributed by atoms with van der Waals surface area (Å²) in [4.78, 5) is 30.8. The number of methoxy groups -OCH3 is 1. The highest BCUT2D eigenvalue weighted by Crippen LogP contribution is 2.34. The number of carboxylic acid groups (broad SMARTS) is 1. The number of nitrogens with one attached hydrogen (secondary N) is 1. The van der Waals surface area contributed by atoms with Crippen LogP contribution in [0.25, 0.3) is 33.5 Å². The molecule has 0 aliphatic carbocycles. The van der Waals surface area contributed by atoms with Crippen molar-refractivity contribution in [1.82, 2.24) is 24.3 Å². The van der Waals surface area contributed by atoms with Crippen LogP contribution in [0.4, 0.5) is 4.79 Å². The fourth-order valence-electron chi connectivity index (χ4n) is 4.97. The number of imidazole rings is 1. The van der Waals surface area contributed by atoms with Crippen LogP contribution in [-0.2, 0) is 13.6 Å². The van der Waals surface area contributed by atoms with Gasteiger partial charge < -0.3 is 29.2 Å². The quantitative estimate of drug-likeness (QED) is 0.472. The Labute approximate surface area is 196 Å². The van der Waals surface area contributed by atoms with Gasteiger partial charge in [0.15, 0.2) is 5.82 Å². The maximum absolute atomic E-state index is 13.2. The number of fused-ring (bicyclic) bond motifs is 2. The van der Waals surface area contributed by atoms with E-state index in [0.717, 1.165) is 34.5 Å². The van der Waals surface area contributed by atoms with E-state index in [2.05, 4.69) is 35.0 Å². The lowest BCUT2D eigenvalue weighted by Crippen LogP contribution is -2.37. The maximum Gasteiger partial charge on any atom is 0.404 e. The van der Waals surface area contributed by atoms with Gasteiger partial charge in [0.25, 0.3) is 5.91 Å². The number of nitrogens with zero attached hydrogens (tertiary/aromatic N) is 4. The van der Waals surface area contributed by atoms with E-state index in [0.29, 0.717) is 36.3 Å². The molecule has 0 saturated carbocycles. The molecule has 176 valence electrons. The molecule has 0 bridgehead atoms. The first-order valence-corrected chi connectivity index (χ1v) is 11.3. The van der Waals surface area contributed by atoms with E-state index < -0.39 is 6.09 Å². The molecule has 1 atom stereocenters. The first-order valence-electron chi connectivity index (χ1n) is 11.3. The summed E-state index contributed by atoms with van der Waals surface area (Å²) in [6, 6.07) is 13.7. The lowest BCUT2D eigenvalue weighted by molar-refractivity contribution is 0.0788. The SMILES string of the molecule is CCn1c(-c2nc3cc(C(=O)N4CCC(NC(=O)O)C4)cc(OC)c3n2C)cc2ccccc21. The minimum absolute atomic E-state index is 0.162. The molecule has 9 heteroatoms. The topological polar surface area (TPSA) is 102 Å². The van der Waals surface area contributed by atoms with Gasteiger partial charge in [-0.3, -0.25) is 4.79 Å². The molecule has 3 heterocycles. The molecular formula is C25H27N5O4. The van der Waals surface area contributed by atoms with Crippen molar-refractivity contribution in [1.29, 1.82) is 0 Å². The summed E-state index contributed by atoms with van der Waals surface area (Å²) in [5, 5.41) is 12.6. The van der Waals surface area contributed by atoms with Crippen LogP contribution >= 0.6 is 0 Å². The smallest absolute Gasteiger partial charge is 0.404 e. The molecule has 9 nitrogen and oxygen atoms in total. The summed E-state index contributed by atoms with van der Waals surface area (Å²) in [6.07, 6.45) is -0.486. The van der Waals surface area contributed by atoms with Gasteiger partial charge in [-0.25, -0.2) is 9.78 Å². The monoisotopic (exact) mass is 461 g/mol. The predicted molar refractivity (Wildman–Crippen MR) is 129 cm³/mol. The third-order valence-corrected chi connectivity index (χ3v) is 6.56. The normalized spacial score (nSPS) is 15.9. The standard InChI is InChI=1S/C25H27N5O4/c1-4-30-19-8-6-5-7-15(19)12-20(30)23-27-18-11-16(13-21(34-3)22(18)28(23)2)24(31)29-10-9-17(14-29)26-25(32)33/h5-8,11-13,17,26H,4,9-10,14H2,1-3H3,(H,32,33). The minimum atomic E-state index is -1.08. The zero-order valence-corrected chi connectivity index (χ0v) is 19.4. The average Bonchev–Trinajstić information content (AvgIpc) is 3.52. The summed E-state index contributed by atoms with van der Waals surface area (Å²) in [7, 11) is 3.54. The van der Waals surface area contributed by atoms with Crippen molar-refractivity contribution >= 4 is 33.9 Å². The zero-order valence-electron chi connectivity index (χ0n) is 19.4. The summed E-state index contributed by atoms with van der Waals surface area (Å²) >= 11 is 0. The molecule has 2 aromatic heterocycles. The summed E-state index contributed by atoms with van der Waals surface area (Å²) in [6.45, 7) is 3.75. The maximum atomic E-state index is 13.2. The molecule has 1 saturated heterocycles. The Hall–Kier alpha value is -4.01. The second kappa shape index (κ2) is 8.40. The summed E-state index contributed by atoms with van der Waals surface area (Å²) in [5.41, 5.74) is 4.11. The second-order valence-corrected chi connectivity index (χ2v) is 8.56. The summed E-state index contributed by atoms with van der Waals surface area (Å²) in [5.74, 6) is 1.20. The van der Waals surface area contributed by atoms with Gasteiger partial charge in [0.05, 0.1) is 24.4 Å². The van der Waals surface area contributed by atoms with Crippen LogP contribution in [0.5, 0.6) is 5.75 Å². The van der Waals surface area contributed by atoms with E-state index in [9.17, 15) is 9.59 Å². The lowest BCUT2D eigenvalue weighted by Gasteiger charge is -2.17. The number of aryl methyl sites for hydroxylation is 2. The van der Waals surface area contributed by atoms with Gasteiger partial charge in [0, 0.05) is 43.1 Å². The van der Waals surface area contributed by atoms with Crippen molar-refractivity contribution in [2.24, 2.45) is 7.05 Å². The fourth-order valence-corrected chi connectivity index (χ4v) is 4.97. The molecule has 5 rings (SSSR count). The number of rotatable bonds is 5. The van der Waals surface area contributed by atoms with Gasteiger partial charge in [-0.05, 0) is 37.6 Å². The van der Waals surface area contributed by atoms with E-state index in [-0.39, 0.29) is 11.9 Å². The number of hydrogen-bond donors (Lipinski definition) is 2. The zero-order chi connectivity index (χ0) is 24.0. The number of hydrogen-bond acceptors (Lipinski definition) is 4. The number of ether oxygens (including phenoxy) is 1. The number of amides is 2. The Bertz CT molecular complexity index is 1420. The average molecular weight is 462 g/mol. The Morgan fingerprint density at radius 1 is 1.24 bits per heavy atom. The largest absolute Gasteiger partial charge is 0.494 e. The number of para-hydroxylation sites is 1. The van der Waals surface area contributed by atoms with Gasteiger partial charge in [-0.1, -0.05) is 18.2 Å². The highest BCUT2D eigenvalue weighted by atomic mass is 16.5. The van der Waals surface area contributed by atoms with E-state index in [4.69, 9.17) is 14.8 Å². The molecule has 1 fully saturated rings. The molecule has 34 heavy (non-hydrogen) atoms. The van der Waals surface area contributed by atoms with Crippen molar-refractivity contribution in [2.45, 2.75) is 25.9 Å². The highest BCUT2D eigenvalue weighted by Gasteiger charge is 2.29. The van der Waals surface area contributed by atoms with Gasteiger partial charge >= 0.3 is 6.09 Å². The molecule has 0 spiro atoms. The Balaban J connectivity index is 1.57. The van der Waals surface area contributed by atoms with Crippen LogP contribution in [0, 0.1) is 0 Å². The van der Waals surface area contributed by atoms with Gasteiger partial charge in [0.1, 0.15) is 11.3 Å². The molecule has 4 aromatic rings. The van der Waals surface area contributed by atoms with Crippen LogP contribution in [0.2, 0.25) is 0 Å². The third kappa shape index (κ3) is 3.53. The minimum Gasteiger partial charge on any atom is -0.494 e. The van der Waals surface area contributed by atoms with Crippen molar-refractivity contribution in [2.75, 3.05) is 20.2 Å². The number of aromatic nitrogens is 3. The van der Waals surface area contributed by atoms with Crippen LogP contribution in [0.3, 0.4) is 0 Å². The summed E-state index contributed by atoms with van der Waals surface area (Å²) < 4.78 is 9.91.